The van der Waals surface area contributed by atoms with E-state index in [1.165, 1.54) is 0 Å². The van der Waals surface area contributed by atoms with Crippen LogP contribution >= 0.6 is 0 Å². The van der Waals surface area contributed by atoms with Crippen LogP contribution in [-0.4, -0.2) is 52.5 Å². The van der Waals surface area contributed by atoms with Crippen molar-refractivity contribution in [2.45, 2.75) is 25.3 Å². The van der Waals surface area contributed by atoms with Crippen LogP contribution in [0.5, 0.6) is 0 Å². The number of nitrogens with zero attached hydrogens (tertiary/aromatic N) is 2. The average molecular weight is 339 g/mol. The highest BCUT2D eigenvalue weighted by molar-refractivity contribution is 5.99. The molecule has 1 aromatic heterocycles. The van der Waals surface area contributed by atoms with Gasteiger partial charge in [0.15, 0.2) is 0 Å². The maximum atomic E-state index is 13.0. The number of likely N-dealkylation sites (tertiary alicyclic amines) is 1. The molecule has 6 nitrogen and oxygen atoms in total. The van der Waals surface area contributed by atoms with Crippen molar-refractivity contribution in [3.05, 3.63) is 42.1 Å². The fourth-order valence-corrected chi connectivity index (χ4v) is 4.16. The first kappa shape index (κ1) is 16.0. The molecule has 2 aliphatic rings. The smallest absolute Gasteiger partial charge is 0.326 e. The number of carbonyl (C=O) groups excluding carboxylic acids is 1. The zero-order chi connectivity index (χ0) is 17.4. The number of aliphatic carboxylic acids is 1. The Morgan fingerprint density at radius 1 is 1.24 bits per heavy atom. The monoisotopic (exact) mass is 339 g/mol. The van der Waals surface area contributed by atoms with E-state index in [0.717, 1.165) is 36.8 Å². The lowest BCUT2D eigenvalue weighted by atomic mass is 9.77. The van der Waals surface area contributed by atoms with E-state index in [0.29, 0.717) is 18.5 Å². The van der Waals surface area contributed by atoms with Crippen LogP contribution in [0.1, 0.15) is 29.6 Å². The molecule has 130 valence electrons. The number of hydrogen-bond donors (Lipinski definition) is 2. The molecule has 6 heteroatoms. The van der Waals surface area contributed by atoms with E-state index in [2.05, 4.69) is 10.3 Å². The molecule has 1 aromatic carbocycles. The molecule has 2 aromatic rings. The van der Waals surface area contributed by atoms with Gasteiger partial charge in [-0.25, -0.2) is 4.79 Å². The molecular formula is C19H21N3O3. The van der Waals surface area contributed by atoms with Crippen LogP contribution < -0.4 is 5.32 Å². The zero-order valence-corrected chi connectivity index (χ0v) is 13.9. The third kappa shape index (κ3) is 2.87. The molecule has 0 saturated carbocycles. The second-order valence-corrected chi connectivity index (χ2v) is 7.16. The lowest BCUT2D eigenvalue weighted by Crippen LogP contribution is -2.42. The second kappa shape index (κ2) is 6.11. The molecule has 25 heavy (non-hydrogen) atoms. The van der Waals surface area contributed by atoms with Crippen molar-refractivity contribution in [1.29, 1.82) is 0 Å². The van der Waals surface area contributed by atoms with Crippen LogP contribution in [-0.2, 0) is 4.79 Å². The van der Waals surface area contributed by atoms with E-state index < -0.39 is 12.0 Å². The van der Waals surface area contributed by atoms with E-state index in [4.69, 9.17) is 0 Å². The Bertz CT molecular complexity index is 830. The summed E-state index contributed by atoms with van der Waals surface area (Å²) in [4.78, 5) is 30.7. The summed E-state index contributed by atoms with van der Waals surface area (Å²) in [5.74, 6) is -1.15. The Kier molecular flexibility index (Phi) is 3.92. The fourth-order valence-electron chi connectivity index (χ4n) is 4.16. The Morgan fingerprint density at radius 2 is 2.00 bits per heavy atom. The minimum Gasteiger partial charge on any atom is -0.480 e. The Balaban J connectivity index is 1.65. The number of para-hydroxylation sites is 1. The molecular weight excluding hydrogens is 318 g/mol. The van der Waals surface area contributed by atoms with Crippen LogP contribution in [0.2, 0.25) is 0 Å². The number of rotatable bonds is 2. The first-order valence-corrected chi connectivity index (χ1v) is 8.67. The molecule has 1 amide bonds. The standard InChI is InChI=1S/C19H21N3O3/c23-17(14-9-13-3-1-2-4-15(13)21-11-14)22-12-19(5-7-20-8-6-19)10-16(22)18(24)25/h1-4,9,11,16,20H,5-8,10,12H2,(H,24,25)/t16-/m0/s1. The number of nitrogens with one attached hydrogen (secondary N) is 1. The first-order chi connectivity index (χ1) is 12.1. The van der Waals surface area contributed by atoms with Crippen LogP contribution in [0, 0.1) is 5.41 Å². The summed E-state index contributed by atoms with van der Waals surface area (Å²) < 4.78 is 0. The van der Waals surface area contributed by atoms with Gasteiger partial charge in [-0.2, -0.15) is 0 Å². The first-order valence-electron chi connectivity index (χ1n) is 8.67. The summed E-state index contributed by atoms with van der Waals surface area (Å²) in [6, 6.07) is 8.65. The van der Waals surface area contributed by atoms with Gasteiger partial charge in [0.2, 0.25) is 0 Å². The summed E-state index contributed by atoms with van der Waals surface area (Å²) >= 11 is 0. The number of benzene rings is 1. The fraction of sp³-hybridized carbons (Fsp3) is 0.421. The van der Waals surface area contributed by atoms with Gasteiger partial charge in [-0.1, -0.05) is 18.2 Å². The molecule has 0 unspecified atom stereocenters. The van der Waals surface area contributed by atoms with Gasteiger partial charge in [0.25, 0.3) is 5.91 Å². The van der Waals surface area contributed by atoms with E-state index >= 15 is 0 Å². The van der Waals surface area contributed by atoms with Crippen molar-refractivity contribution in [3.8, 4) is 0 Å². The number of carboxylic acid groups (broad SMARTS) is 1. The number of amides is 1. The number of aromatic nitrogens is 1. The molecule has 2 fully saturated rings. The normalized spacial score (nSPS) is 22.4. The third-order valence-corrected chi connectivity index (χ3v) is 5.56. The molecule has 1 atom stereocenters. The van der Waals surface area contributed by atoms with Crippen LogP contribution in [0.3, 0.4) is 0 Å². The third-order valence-electron chi connectivity index (χ3n) is 5.56. The number of pyridine rings is 1. The predicted molar refractivity (Wildman–Crippen MR) is 93.4 cm³/mol. The van der Waals surface area contributed by atoms with Crippen molar-refractivity contribution in [2.75, 3.05) is 19.6 Å². The Labute approximate surface area is 145 Å². The maximum Gasteiger partial charge on any atom is 0.326 e. The van der Waals surface area contributed by atoms with Crippen LogP contribution in [0.4, 0.5) is 0 Å². The Hall–Kier alpha value is -2.47. The van der Waals surface area contributed by atoms with Crippen molar-refractivity contribution >= 4 is 22.8 Å². The van der Waals surface area contributed by atoms with Gasteiger partial charge >= 0.3 is 5.97 Å². The molecule has 4 rings (SSSR count). The largest absolute Gasteiger partial charge is 0.480 e. The highest BCUT2D eigenvalue weighted by atomic mass is 16.4. The zero-order valence-electron chi connectivity index (χ0n) is 13.9. The lowest BCUT2D eigenvalue weighted by Gasteiger charge is -2.33. The van der Waals surface area contributed by atoms with Gasteiger partial charge in [0.1, 0.15) is 6.04 Å². The van der Waals surface area contributed by atoms with Crippen molar-refractivity contribution in [3.63, 3.8) is 0 Å². The molecule has 3 heterocycles. The van der Waals surface area contributed by atoms with Gasteiger partial charge in [0, 0.05) is 18.1 Å². The van der Waals surface area contributed by atoms with Crippen molar-refractivity contribution < 1.29 is 14.7 Å². The van der Waals surface area contributed by atoms with Gasteiger partial charge in [-0.3, -0.25) is 9.78 Å². The van der Waals surface area contributed by atoms with Gasteiger partial charge < -0.3 is 15.3 Å². The average Bonchev–Trinajstić information content (AvgIpc) is 3.00. The summed E-state index contributed by atoms with van der Waals surface area (Å²) in [6.07, 6.45) is 3.92. The summed E-state index contributed by atoms with van der Waals surface area (Å²) in [6.45, 7) is 2.27. The molecule has 0 aliphatic carbocycles. The Morgan fingerprint density at radius 3 is 2.76 bits per heavy atom. The number of hydrogen-bond acceptors (Lipinski definition) is 4. The van der Waals surface area contributed by atoms with E-state index in [-0.39, 0.29) is 11.3 Å². The highest BCUT2D eigenvalue weighted by Gasteiger charge is 2.49. The maximum absolute atomic E-state index is 13.0. The van der Waals surface area contributed by atoms with Gasteiger partial charge in [0.05, 0.1) is 11.1 Å². The van der Waals surface area contributed by atoms with Crippen LogP contribution in [0.15, 0.2) is 36.5 Å². The van der Waals surface area contributed by atoms with Crippen molar-refractivity contribution in [2.24, 2.45) is 5.41 Å². The van der Waals surface area contributed by atoms with Gasteiger partial charge in [-0.15, -0.1) is 0 Å². The highest BCUT2D eigenvalue weighted by Crippen LogP contribution is 2.42. The second-order valence-electron chi connectivity index (χ2n) is 7.16. The summed E-state index contributed by atoms with van der Waals surface area (Å²) in [7, 11) is 0. The number of fused-ring (bicyclic) bond motifs is 1. The van der Waals surface area contributed by atoms with Gasteiger partial charge in [-0.05, 0) is 49.9 Å². The summed E-state index contributed by atoms with van der Waals surface area (Å²) in [5, 5.41) is 13.8. The lowest BCUT2D eigenvalue weighted by molar-refractivity contribution is -0.141. The SMILES string of the molecule is O=C(O)[C@@H]1CC2(CCNCC2)CN1C(=O)c1cnc2ccccc2c1. The van der Waals surface area contributed by atoms with E-state index in [1.54, 1.807) is 17.2 Å². The molecule has 2 saturated heterocycles. The molecule has 0 bridgehead atoms. The quantitative estimate of drug-likeness (QED) is 0.873. The number of piperidine rings is 1. The molecule has 1 spiro atoms. The summed E-state index contributed by atoms with van der Waals surface area (Å²) in [5.41, 5.74) is 1.20. The number of carboxylic acids is 1. The van der Waals surface area contributed by atoms with E-state index in [9.17, 15) is 14.7 Å². The van der Waals surface area contributed by atoms with Crippen molar-refractivity contribution in [1.82, 2.24) is 15.2 Å². The minimum absolute atomic E-state index is 0.0752. The predicted octanol–water partition coefficient (Wildman–Crippen LogP) is 1.90. The molecule has 2 aliphatic heterocycles. The topological polar surface area (TPSA) is 82.5 Å². The number of carbonyl (C=O) groups is 2. The minimum atomic E-state index is -0.919. The van der Waals surface area contributed by atoms with E-state index in [1.807, 2.05) is 24.3 Å². The van der Waals surface area contributed by atoms with Crippen LogP contribution in [0.25, 0.3) is 10.9 Å². The molecule has 0 radical (unpaired) electrons. The molecule has 2 N–H and O–H groups in total.